The molecule has 6 heteroatoms. The second-order valence-corrected chi connectivity index (χ2v) is 5.99. The fraction of sp³-hybridized carbons (Fsp3) is 0.0476. The highest BCUT2D eigenvalue weighted by Gasteiger charge is 2.16. The summed E-state index contributed by atoms with van der Waals surface area (Å²) < 4.78 is 42.1. The summed E-state index contributed by atoms with van der Waals surface area (Å²) in [5, 5.41) is 3.35. The number of hydrogen-bond acceptors (Lipinski definition) is 3. The van der Waals surface area contributed by atoms with Crippen LogP contribution < -0.4 is 5.32 Å². The Morgan fingerprint density at radius 1 is 0.778 bits per heavy atom. The van der Waals surface area contributed by atoms with E-state index in [1.807, 2.05) is 30.3 Å². The molecule has 0 aliphatic carbocycles. The van der Waals surface area contributed by atoms with E-state index in [1.165, 1.54) is 12.1 Å². The summed E-state index contributed by atoms with van der Waals surface area (Å²) in [6, 6.07) is 15.2. The van der Waals surface area contributed by atoms with E-state index in [4.69, 9.17) is 0 Å². The van der Waals surface area contributed by atoms with Crippen LogP contribution in [0.25, 0.3) is 33.4 Å². The van der Waals surface area contributed by atoms with Crippen LogP contribution in [0.15, 0.2) is 60.7 Å². The molecule has 1 aromatic heterocycles. The van der Waals surface area contributed by atoms with Crippen molar-refractivity contribution in [1.82, 2.24) is 9.97 Å². The Balaban J connectivity index is 1.95. The first kappa shape index (κ1) is 17.0. The average Bonchev–Trinajstić information content (AvgIpc) is 2.68. The van der Waals surface area contributed by atoms with E-state index >= 15 is 0 Å². The van der Waals surface area contributed by atoms with Crippen molar-refractivity contribution in [3.63, 3.8) is 0 Å². The molecule has 0 saturated carbocycles. The number of anilines is 1. The molecular formula is C21H14F3N3. The summed E-state index contributed by atoms with van der Waals surface area (Å²) in [7, 11) is 1.67. The minimum Gasteiger partial charge on any atom is -0.373 e. The molecule has 27 heavy (non-hydrogen) atoms. The SMILES string of the molecule is CNc1nc(-c2ccccc2)nc2c(F)cc(-c3ccc(F)cc3F)cc12. The average molecular weight is 365 g/mol. The first-order chi connectivity index (χ1) is 13.1. The summed E-state index contributed by atoms with van der Waals surface area (Å²) in [6.45, 7) is 0. The van der Waals surface area contributed by atoms with Gasteiger partial charge in [-0.3, -0.25) is 0 Å². The first-order valence-corrected chi connectivity index (χ1v) is 8.26. The van der Waals surface area contributed by atoms with Crippen molar-refractivity contribution < 1.29 is 13.2 Å². The number of nitrogens with zero attached hydrogens (tertiary/aromatic N) is 2. The molecule has 0 amide bonds. The fourth-order valence-electron chi connectivity index (χ4n) is 2.98. The van der Waals surface area contributed by atoms with Crippen molar-refractivity contribution in [2.24, 2.45) is 0 Å². The van der Waals surface area contributed by atoms with Gasteiger partial charge in [0.25, 0.3) is 0 Å². The van der Waals surface area contributed by atoms with Crippen LogP contribution in [-0.4, -0.2) is 17.0 Å². The Kier molecular flexibility index (Phi) is 4.24. The predicted molar refractivity (Wildman–Crippen MR) is 99.8 cm³/mol. The lowest BCUT2D eigenvalue weighted by molar-refractivity contribution is 0.585. The van der Waals surface area contributed by atoms with E-state index in [2.05, 4.69) is 15.3 Å². The van der Waals surface area contributed by atoms with Gasteiger partial charge in [-0.05, 0) is 29.8 Å². The lowest BCUT2D eigenvalue weighted by Gasteiger charge is -2.11. The third-order valence-electron chi connectivity index (χ3n) is 4.26. The van der Waals surface area contributed by atoms with Crippen LogP contribution in [0.2, 0.25) is 0 Å². The van der Waals surface area contributed by atoms with Crippen LogP contribution in [-0.2, 0) is 0 Å². The molecule has 3 nitrogen and oxygen atoms in total. The van der Waals surface area contributed by atoms with Gasteiger partial charge in [-0.25, -0.2) is 23.1 Å². The Bertz CT molecular complexity index is 1140. The Morgan fingerprint density at radius 3 is 2.26 bits per heavy atom. The maximum atomic E-state index is 14.8. The van der Waals surface area contributed by atoms with Gasteiger partial charge in [0.1, 0.15) is 28.8 Å². The predicted octanol–water partition coefficient (Wildman–Crippen LogP) is 5.42. The number of hydrogen-bond donors (Lipinski definition) is 1. The van der Waals surface area contributed by atoms with E-state index < -0.39 is 17.5 Å². The van der Waals surface area contributed by atoms with E-state index in [-0.39, 0.29) is 16.6 Å². The maximum absolute atomic E-state index is 14.8. The summed E-state index contributed by atoms with van der Waals surface area (Å²) in [5.41, 5.74) is 1.26. The quantitative estimate of drug-likeness (QED) is 0.527. The number of halogens is 3. The number of benzene rings is 3. The van der Waals surface area contributed by atoms with Gasteiger partial charge in [-0.15, -0.1) is 0 Å². The van der Waals surface area contributed by atoms with Crippen molar-refractivity contribution in [2.75, 3.05) is 12.4 Å². The van der Waals surface area contributed by atoms with Crippen LogP contribution in [0.4, 0.5) is 19.0 Å². The van der Waals surface area contributed by atoms with Crippen molar-refractivity contribution in [2.45, 2.75) is 0 Å². The molecule has 0 unspecified atom stereocenters. The molecule has 3 aromatic carbocycles. The molecule has 1 heterocycles. The molecule has 134 valence electrons. The van der Waals surface area contributed by atoms with Gasteiger partial charge >= 0.3 is 0 Å². The Labute approximate surface area is 153 Å². The molecule has 0 spiro atoms. The van der Waals surface area contributed by atoms with Gasteiger partial charge in [-0.2, -0.15) is 0 Å². The topological polar surface area (TPSA) is 37.8 Å². The van der Waals surface area contributed by atoms with Crippen LogP contribution in [0.5, 0.6) is 0 Å². The van der Waals surface area contributed by atoms with E-state index in [0.717, 1.165) is 17.7 Å². The number of fused-ring (bicyclic) bond motifs is 1. The smallest absolute Gasteiger partial charge is 0.162 e. The lowest BCUT2D eigenvalue weighted by Crippen LogP contribution is -2.01. The molecule has 0 fully saturated rings. The van der Waals surface area contributed by atoms with Crippen LogP contribution in [0.1, 0.15) is 0 Å². The molecule has 0 radical (unpaired) electrons. The highest BCUT2D eigenvalue weighted by Crippen LogP contribution is 2.32. The zero-order chi connectivity index (χ0) is 19.0. The standard InChI is InChI=1S/C21H14F3N3/c1-25-21-16-9-13(15-8-7-14(22)11-17(15)23)10-18(24)19(16)26-20(27-21)12-5-3-2-4-6-12/h2-11H,1H3,(H,25,26,27). The highest BCUT2D eigenvalue weighted by molar-refractivity contribution is 5.94. The zero-order valence-corrected chi connectivity index (χ0v) is 14.3. The van der Waals surface area contributed by atoms with Crippen LogP contribution in [0, 0.1) is 17.5 Å². The maximum Gasteiger partial charge on any atom is 0.162 e. The van der Waals surface area contributed by atoms with Crippen LogP contribution in [0.3, 0.4) is 0 Å². The Hall–Kier alpha value is -3.41. The molecule has 0 aliphatic heterocycles. The minimum atomic E-state index is -0.762. The van der Waals surface area contributed by atoms with Gasteiger partial charge in [-0.1, -0.05) is 30.3 Å². The fourth-order valence-corrected chi connectivity index (χ4v) is 2.98. The van der Waals surface area contributed by atoms with E-state index in [9.17, 15) is 13.2 Å². The van der Waals surface area contributed by atoms with E-state index in [0.29, 0.717) is 17.0 Å². The summed E-state index contributed by atoms with van der Waals surface area (Å²) in [5.74, 6) is -1.26. The molecule has 1 N–H and O–H groups in total. The van der Waals surface area contributed by atoms with Gasteiger partial charge in [0, 0.05) is 29.6 Å². The highest BCUT2D eigenvalue weighted by atomic mass is 19.1. The van der Waals surface area contributed by atoms with Crippen molar-refractivity contribution >= 4 is 16.7 Å². The molecule has 0 atom stereocenters. The monoisotopic (exact) mass is 365 g/mol. The summed E-state index contributed by atoms with van der Waals surface area (Å²) in [6.07, 6.45) is 0. The second kappa shape index (κ2) is 6.72. The summed E-state index contributed by atoms with van der Waals surface area (Å²) in [4.78, 5) is 8.80. The van der Waals surface area contributed by atoms with Gasteiger partial charge in [0.15, 0.2) is 5.82 Å². The largest absolute Gasteiger partial charge is 0.373 e. The van der Waals surface area contributed by atoms with Gasteiger partial charge < -0.3 is 5.32 Å². The molecule has 0 bridgehead atoms. The number of rotatable bonds is 3. The second-order valence-electron chi connectivity index (χ2n) is 5.99. The normalized spacial score (nSPS) is 11.0. The van der Waals surface area contributed by atoms with Crippen LogP contribution >= 0.6 is 0 Å². The Morgan fingerprint density at radius 2 is 1.56 bits per heavy atom. The molecule has 4 rings (SSSR count). The van der Waals surface area contributed by atoms with E-state index in [1.54, 1.807) is 13.1 Å². The third kappa shape index (κ3) is 3.10. The molecule has 0 saturated heterocycles. The van der Waals surface area contributed by atoms with Crippen molar-refractivity contribution in [3.05, 3.63) is 78.1 Å². The van der Waals surface area contributed by atoms with Crippen molar-refractivity contribution in [3.8, 4) is 22.5 Å². The first-order valence-electron chi connectivity index (χ1n) is 8.26. The lowest BCUT2D eigenvalue weighted by atomic mass is 10.0. The number of nitrogens with one attached hydrogen (secondary N) is 1. The minimum absolute atomic E-state index is 0.103. The van der Waals surface area contributed by atoms with Gasteiger partial charge in [0.2, 0.25) is 0 Å². The number of aromatic nitrogens is 2. The third-order valence-corrected chi connectivity index (χ3v) is 4.26. The van der Waals surface area contributed by atoms with Gasteiger partial charge in [0.05, 0.1) is 0 Å². The molecular weight excluding hydrogens is 351 g/mol. The molecule has 0 aliphatic rings. The molecule has 4 aromatic rings. The van der Waals surface area contributed by atoms with Crippen molar-refractivity contribution in [1.29, 1.82) is 0 Å². The zero-order valence-electron chi connectivity index (χ0n) is 14.3. The summed E-state index contributed by atoms with van der Waals surface area (Å²) >= 11 is 0.